The molecule has 3 nitrogen and oxygen atoms in total. The smallest absolute Gasteiger partial charge is 0.153 e. The van der Waals surface area contributed by atoms with E-state index in [-0.39, 0.29) is 4.99 Å². The molecule has 0 saturated heterocycles. The van der Waals surface area contributed by atoms with E-state index in [1.165, 1.54) is 0 Å². The molecule has 2 aromatic carbocycles. The highest BCUT2D eigenvalue weighted by atomic mass is 79.9. The Labute approximate surface area is 135 Å². The molecule has 0 amide bonds. The first-order chi connectivity index (χ1) is 10.2. The van der Waals surface area contributed by atoms with Crippen molar-refractivity contribution in [1.29, 1.82) is 0 Å². The first-order valence-electron chi connectivity index (χ1n) is 6.27. The molecule has 1 heterocycles. The molecule has 0 aliphatic carbocycles. The van der Waals surface area contributed by atoms with Crippen LogP contribution in [-0.2, 0) is 0 Å². The van der Waals surface area contributed by atoms with Crippen molar-refractivity contribution in [3.05, 3.63) is 64.8 Å². The SMILES string of the molecule is NC(=S)c1c(Br)cccc1Oc1cccc2cccnc12. The molecule has 1 aromatic heterocycles. The van der Waals surface area contributed by atoms with E-state index in [2.05, 4.69) is 20.9 Å². The molecule has 5 heteroatoms. The third-order valence-electron chi connectivity index (χ3n) is 3.04. The number of nitrogens with zero attached hydrogens (tertiary/aromatic N) is 1. The van der Waals surface area contributed by atoms with E-state index >= 15 is 0 Å². The van der Waals surface area contributed by atoms with Gasteiger partial charge in [0.15, 0.2) is 5.75 Å². The van der Waals surface area contributed by atoms with Gasteiger partial charge in [-0.3, -0.25) is 4.98 Å². The molecule has 0 saturated carbocycles. The molecular weight excluding hydrogens is 348 g/mol. The van der Waals surface area contributed by atoms with Gasteiger partial charge in [0.25, 0.3) is 0 Å². The van der Waals surface area contributed by atoms with E-state index in [0.717, 1.165) is 15.4 Å². The number of halogens is 1. The highest BCUT2D eigenvalue weighted by Crippen LogP contribution is 2.33. The number of thiocarbonyl (C=S) groups is 1. The summed E-state index contributed by atoms with van der Waals surface area (Å²) in [5.74, 6) is 1.28. The van der Waals surface area contributed by atoms with E-state index in [1.807, 2.05) is 48.5 Å². The van der Waals surface area contributed by atoms with Gasteiger partial charge < -0.3 is 10.5 Å². The lowest BCUT2D eigenvalue weighted by Crippen LogP contribution is -2.11. The minimum atomic E-state index is 0.283. The summed E-state index contributed by atoms with van der Waals surface area (Å²) in [7, 11) is 0. The second-order valence-corrected chi connectivity index (χ2v) is 5.70. The normalized spacial score (nSPS) is 10.5. The van der Waals surface area contributed by atoms with Crippen LogP contribution in [0.1, 0.15) is 5.56 Å². The van der Waals surface area contributed by atoms with Crippen LogP contribution < -0.4 is 10.5 Å². The predicted molar refractivity (Wildman–Crippen MR) is 91.8 cm³/mol. The lowest BCUT2D eigenvalue weighted by Gasteiger charge is -2.13. The molecule has 0 aliphatic heterocycles. The monoisotopic (exact) mass is 358 g/mol. The third-order valence-corrected chi connectivity index (χ3v) is 3.90. The van der Waals surface area contributed by atoms with Crippen molar-refractivity contribution in [3.63, 3.8) is 0 Å². The maximum Gasteiger partial charge on any atom is 0.153 e. The van der Waals surface area contributed by atoms with E-state index in [0.29, 0.717) is 17.1 Å². The molecule has 0 bridgehead atoms. The van der Waals surface area contributed by atoms with Crippen molar-refractivity contribution in [2.75, 3.05) is 0 Å². The summed E-state index contributed by atoms with van der Waals surface area (Å²) in [5, 5.41) is 1.02. The lowest BCUT2D eigenvalue weighted by molar-refractivity contribution is 0.486. The number of benzene rings is 2. The summed E-state index contributed by atoms with van der Waals surface area (Å²) in [6.07, 6.45) is 1.74. The van der Waals surface area contributed by atoms with E-state index in [1.54, 1.807) is 6.20 Å². The fourth-order valence-corrected chi connectivity index (χ4v) is 3.01. The maximum absolute atomic E-state index is 6.00. The largest absolute Gasteiger partial charge is 0.454 e. The van der Waals surface area contributed by atoms with Crippen molar-refractivity contribution in [2.45, 2.75) is 0 Å². The highest BCUT2D eigenvalue weighted by molar-refractivity contribution is 9.10. The summed E-state index contributed by atoms with van der Waals surface area (Å²) in [4.78, 5) is 4.66. The molecule has 21 heavy (non-hydrogen) atoms. The highest BCUT2D eigenvalue weighted by Gasteiger charge is 2.13. The van der Waals surface area contributed by atoms with Gasteiger partial charge in [0.05, 0.1) is 5.56 Å². The van der Waals surface area contributed by atoms with Crippen molar-refractivity contribution < 1.29 is 4.74 Å². The van der Waals surface area contributed by atoms with Gasteiger partial charge in [0.2, 0.25) is 0 Å². The summed E-state index contributed by atoms with van der Waals surface area (Å²) in [5.41, 5.74) is 7.27. The van der Waals surface area contributed by atoms with E-state index < -0.39 is 0 Å². The molecule has 0 atom stereocenters. The Kier molecular flexibility index (Phi) is 3.86. The topological polar surface area (TPSA) is 48.1 Å². The van der Waals surface area contributed by atoms with Crippen LogP contribution >= 0.6 is 28.1 Å². The molecule has 3 rings (SSSR count). The van der Waals surface area contributed by atoms with Crippen LogP contribution in [0.3, 0.4) is 0 Å². The Morgan fingerprint density at radius 3 is 2.57 bits per heavy atom. The number of ether oxygens (including phenoxy) is 1. The minimum Gasteiger partial charge on any atom is -0.454 e. The zero-order valence-electron chi connectivity index (χ0n) is 10.9. The van der Waals surface area contributed by atoms with Gasteiger partial charge in [0.1, 0.15) is 16.3 Å². The summed E-state index contributed by atoms with van der Waals surface area (Å²) >= 11 is 8.55. The van der Waals surface area contributed by atoms with Crippen molar-refractivity contribution in [2.24, 2.45) is 5.73 Å². The fourth-order valence-electron chi connectivity index (χ4n) is 2.11. The second-order valence-electron chi connectivity index (χ2n) is 4.41. The molecule has 2 N–H and O–H groups in total. The quantitative estimate of drug-likeness (QED) is 0.703. The molecule has 3 aromatic rings. The van der Waals surface area contributed by atoms with Crippen molar-refractivity contribution in [1.82, 2.24) is 4.98 Å². The van der Waals surface area contributed by atoms with Gasteiger partial charge in [-0.25, -0.2) is 0 Å². The van der Waals surface area contributed by atoms with Gasteiger partial charge in [-0.2, -0.15) is 0 Å². The van der Waals surface area contributed by atoms with Gasteiger partial charge in [-0.05, 0) is 40.2 Å². The summed E-state index contributed by atoms with van der Waals surface area (Å²) in [6, 6.07) is 15.3. The Hall–Kier alpha value is -1.98. The molecule has 0 aliphatic rings. The Morgan fingerprint density at radius 2 is 1.76 bits per heavy atom. The van der Waals surface area contributed by atoms with Crippen molar-refractivity contribution >= 4 is 44.0 Å². The molecule has 0 fully saturated rings. The van der Waals surface area contributed by atoms with Crippen LogP contribution in [0.4, 0.5) is 0 Å². The second kappa shape index (κ2) is 5.79. The Bertz CT molecular complexity index is 830. The van der Waals surface area contributed by atoms with Gasteiger partial charge in [0, 0.05) is 16.1 Å². The molecule has 104 valence electrons. The van der Waals surface area contributed by atoms with E-state index in [9.17, 15) is 0 Å². The number of aromatic nitrogens is 1. The van der Waals surface area contributed by atoms with Crippen LogP contribution in [0.25, 0.3) is 10.9 Å². The summed E-state index contributed by atoms with van der Waals surface area (Å²) in [6.45, 7) is 0. The molecule has 0 spiro atoms. The van der Waals surface area contributed by atoms with Crippen LogP contribution in [0.5, 0.6) is 11.5 Å². The van der Waals surface area contributed by atoms with Gasteiger partial charge in [-0.15, -0.1) is 0 Å². The lowest BCUT2D eigenvalue weighted by atomic mass is 10.2. The zero-order valence-corrected chi connectivity index (χ0v) is 13.3. The number of hydrogen-bond donors (Lipinski definition) is 1. The van der Waals surface area contributed by atoms with Crippen LogP contribution in [-0.4, -0.2) is 9.97 Å². The van der Waals surface area contributed by atoms with Gasteiger partial charge >= 0.3 is 0 Å². The average molecular weight is 359 g/mol. The predicted octanol–water partition coefficient (Wildman–Crippen LogP) is 4.42. The standard InChI is InChI=1S/C16H11BrN2OS/c17-11-6-2-7-12(14(11)16(18)21)20-13-8-1-4-10-5-3-9-19-15(10)13/h1-9H,(H2,18,21). The van der Waals surface area contributed by atoms with E-state index in [4.69, 9.17) is 22.7 Å². The minimum absolute atomic E-state index is 0.283. The molecule has 0 radical (unpaired) electrons. The van der Waals surface area contributed by atoms with Crippen LogP contribution in [0, 0.1) is 0 Å². The number of rotatable bonds is 3. The first kappa shape index (κ1) is 14.0. The number of nitrogens with two attached hydrogens (primary N) is 1. The number of para-hydroxylation sites is 1. The Morgan fingerprint density at radius 1 is 1.05 bits per heavy atom. The van der Waals surface area contributed by atoms with Crippen LogP contribution in [0.2, 0.25) is 0 Å². The molecular formula is C16H11BrN2OS. The zero-order chi connectivity index (χ0) is 14.8. The molecule has 0 unspecified atom stereocenters. The van der Waals surface area contributed by atoms with Crippen molar-refractivity contribution in [3.8, 4) is 11.5 Å². The fraction of sp³-hybridized carbons (Fsp3) is 0. The maximum atomic E-state index is 6.00. The number of pyridine rings is 1. The summed E-state index contributed by atoms with van der Waals surface area (Å²) < 4.78 is 6.81. The average Bonchev–Trinajstić information content (AvgIpc) is 2.47. The first-order valence-corrected chi connectivity index (χ1v) is 7.47. The van der Waals surface area contributed by atoms with Gasteiger partial charge in [-0.1, -0.05) is 36.5 Å². The van der Waals surface area contributed by atoms with Crippen LogP contribution in [0.15, 0.2) is 59.2 Å². The number of fused-ring (bicyclic) bond motifs is 1. The Balaban J connectivity index is 2.12. The number of hydrogen-bond acceptors (Lipinski definition) is 3. The third kappa shape index (κ3) is 2.75.